The maximum atomic E-state index is 12.8. The number of ether oxygens (including phenoxy) is 1. The van der Waals surface area contributed by atoms with Crippen molar-refractivity contribution in [1.82, 2.24) is 9.88 Å². The van der Waals surface area contributed by atoms with Crippen molar-refractivity contribution in [1.29, 1.82) is 0 Å². The molecule has 0 aliphatic carbocycles. The fourth-order valence-corrected chi connectivity index (χ4v) is 2.26. The van der Waals surface area contributed by atoms with Crippen LogP contribution in [0.1, 0.15) is 16.8 Å². The maximum absolute atomic E-state index is 12.8. The summed E-state index contributed by atoms with van der Waals surface area (Å²) >= 11 is 0. The van der Waals surface area contributed by atoms with E-state index in [-0.39, 0.29) is 5.91 Å². The van der Waals surface area contributed by atoms with Gasteiger partial charge in [-0.25, -0.2) is 0 Å². The molecule has 1 aromatic heterocycles. The second-order valence-electron chi connectivity index (χ2n) is 4.80. The van der Waals surface area contributed by atoms with Crippen LogP contribution in [0.25, 0.3) is 10.9 Å². The van der Waals surface area contributed by atoms with E-state index < -0.39 is 0 Å². The number of fused-ring (bicyclic) bond motifs is 1. The van der Waals surface area contributed by atoms with E-state index in [0.717, 1.165) is 17.3 Å². The van der Waals surface area contributed by atoms with E-state index in [9.17, 15) is 4.79 Å². The van der Waals surface area contributed by atoms with Gasteiger partial charge in [-0.2, -0.15) is 0 Å². The molecule has 0 fully saturated rings. The highest BCUT2D eigenvalue weighted by Crippen LogP contribution is 2.18. The molecule has 1 amide bonds. The number of pyridine rings is 1. The van der Waals surface area contributed by atoms with E-state index >= 15 is 0 Å². The molecule has 1 heterocycles. The van der Waals surface area contributed by atoms with Gasteiger partial charge in [-0.05, 0) is 31.2 Å². The third-order valence-corrected chi connectivity index (χ3v) is 3.36. The lowest BCUT2D eigenvalue weighted by molar-refractivity contribution is 0.0696. The van der Waals surface area contributed by atoms with Crippen molar-refractivity contribution in [3.8, 4) is 0 Å². The van der Waals surface area contributed by atoms with Crippen LogP contribution in [0, 0.1) is 0 Å². The first-order chi connectivity index (χ1) is 10.3. The highest BCUT2D eigenvalue weighted by molar-refractivity contribution is 6.06. The van der Waals surface area contributed by atoms with Gasteiger partial charge in [0.25, 0.3) is 5.91 Å². The molecule has 0 aliphatic heterocycles. The second kappa shape index (κ2) is 7.71. The Morgan fingerprint density at radius 1 is 1.29 bits per heavy atom. The van der Waals surface area contributed by atoms with Crippen LogP contribution in [-0.2, 0) is 4.74 Å². The summed E-state index contributed by atoms with van der Waals surface area (Å²) in [5, 5.41) is 0.875. The van der Waals surface area contributed by atoms with E-state index in [0.29, 0.717) is 31.8 Å². The lowest BCUT2D eigenvalue weighted by Crippen LogP contribution is -2.35. The monoisotopic (exact) mass is 287 g/mol. The molecule has 5 heteroatoms. The van der Waals surface area contributed by atoms with Gasteiger partial charge in [-0.15, -0.1) is 0 Å². The number of nitrogens with two attached hydrogens (primary N) is 1. The topological polar surface area (TPSA) is 68.5 Å². The molecule has 0 unspecified atom stereocenters. The van der Waals surface area contributed by atoms with E-state index in [2.05, 4.69) is 4.98 Å². The largest absolute Gasteiger partial charge is 0.383 e. The van der Waals surface area contributed by atoms with Crippen LogP contribution in [-0.4, -0.2) is 49.1 Å². The standard InChI is InChI=1S/C16H21N3O2/c1-21-12-11-19(10-4-8-17)16(20)14-5-2-7-15-13(14)6-3-9-18-15/h2-3,5-7,9H,4,8,10-12,17H2,1H3. The zero-order chi connectivity index (χ0) is 15.1. The quantitative estimate of drug-likeness (QED) is 0.841. The first-order valence-corrected chi connectivity index (χ1v) is 7.10. The summed E-state index contributed by atoms with van der Waals surface area (Å²) in [4.78, 5) is 18.9. The lowest BCUT2D eigenvalue weighted by atomic mass is 10.1. The van der Waals surface area contributed by atoms with Crippen molar-refractivity contribution < 1.29 is 9.53 Å². The zero-order valence-corrected chi connectivity index (χ0v) is 12.3. The van der Waals surface area contributed by atoms with E-state index in [4.69, 9.17) is 10.5 Å². The Morgan fingerprint density at radius 3 is 2.90 bits per heavy atom. The molecule has 0 radical (unpaired) electrons. The summed E-state index contributed by atoms with van der Waals surface area (Å²) in [6.45, 7) is 2.27. The van der Waals surface area contributed by atoms with Crippen molar-refractivity contribution in [3.63, 3.8) is 0 Å². The van der Waals surface area contributed by atoms with Crippen LogP contribution in [0.15, 0.2) is 36.5 Å². The molecule has 0 atom stereocenters. The van der Waals surface area contributed by atoms with Gasteiger partial charge in [0.1, 0.15) is 0 Å². The summed E-state index contributed by atoms with van der Waals surface area (Å²) in [7, 11) is 1.63. The van der Waals surface area contributed by atoms with Gasteiger partial charge in [-0.3, -0.25) is 9.78 Å². The summed E-state index contributed by atoms with van der Waals surface area (Å²) in [5.41, 5.74) is 7.06. The van der Waals surface area contributed by atoms with Crippen molar-refractivity contribution >= 4 is 16.8 Å². The number of hydrogen-bond acceptors (Lipinski definition) is 4. The molecule has 2 rings (SSSR count). The summed E-state index contributed by atoms with van der Waals surface area (Å²) in [6, 6.07) is 9.38. The molecular formula is C16H21N3O2. The molecule has 1 aromatic carbocycles. The number of aromatic nitrogens is 1. The number of nitrogens with zero attached hydrogens (tertiary/aromatic N) is 2. The minimum atomic E-state index is -0.000833. The minimum Gasteiger partial charge on any atom is -0.383 e. The number of rotatable bonds is 7. The Hall–Kier alpha value is -1.98. The van der Waals surface area contributed by atoms with Gasteiger partial charge < -0.3 is 15.4 Å². The van der Waals surface area contributed by atoms with Gasteiger partial charge >= 0.3 is 0 Å². The highest BCUT2D eigenvalue weighted by atomic mass is 16.5. The normalized spacial score (nSPS) is 10.8. The van der Waals surface area contributed by atoms with Crippen LogP contribution in [0.2, 0.25) is 0 Å². The highest BCUT2D eigenvalue weighted by Gasteiger charge is 2.17. The number of carbonyl (C=O) groups excluding carboxylic acids is 1. The summed E-state index contributed by atoms with van der Waals surface area (Å²) < 4.78 is 5.09. The van der Waals surface area contributed by atoms with Gasteiger partial charge in [-0.1, -0.05) is 12.1 Å². The Morgan fingerprint density at radius 2 is 2.14 bits per heavy atom. The molecule has 0 bridgehead atoms. The van der Waals surface area contributed by atoms with Gasteiger partial charge in [0.2, 0.25) is 0 Å². The maximum Gasteiger partial charge on any atom is 0.254 e. The first-order valence-electron chi connectivity index (χ1n) is 7.10. The predicted molar refractivity (Wildman–Crippen MR) is 83.2 cm³/mol. The van der Waals surface area contributed by atoms with Crippen LogP contribution in [0.5, 0.6) is 0 Å². The van der Waals surface area contributed by atoms with Crippen molar-refractivity contribution in [3.05, 3.63) is 42.1 Å². The number of benzene rings is 1. The first kappa shape index (κ1) is 15.4. The Balaban J connectivity index is 2.29. The van der Waals surface area contributed by atoms with E-state index in [1.165, 1.54) is 0 Å². The Labute approximate surface area is 124 Å². The molecular weight excluding hydrogens is 266 g/mol. The van der Waals surface area contributed by atoms with Gasteiger partial charge in [0, 0.05) is 37.3 Å². The molecule has 2 N–H and O–H groups in total. The van der Waals surface area contributed by atoms with E-state index in [1.807, 2.05) is 30.3 Å². The molecule has 5 nitrogen and oxygen atoms in total. The minimum absolute atomic E-state index is 0.000833. The second-order valence-corrected chi connectivity index (χ2v) is 4.80. The molecule has 2 aromatic rings. The third kappa shape index (κ3) is 3.77. The zero-order valence-electron chi connectivity index (χ0n) is 12.3. The average Bonchev–Trinajstić information content (AvgIpc) is 2.54. The Kier molecular flexibility index (Phi) is 5.66. The number of methoxy groups -OCH3 is 1. The third-order valence-electron chi connectivity index (χ3n) is 3.36. The smallest absolute Gasteiger partial charge is 0.254 e. The summed E-state index contributed by atoms with van der Waals surface area (Å²) in [5.74, 6) is -0.000833. The molecule has 0 saturated carbocycles. The number of hydrogen-bond donors (Lipinski definition) is 1. The molecule has 0 saturated heterocycles. The number of amides is 1. The van der Waals surface area contributed by atoms with Gasteiger partial charge in [0.05, 0.1) is 12.1 Å². The lowest BCUT2D eigenvalue weighted by Gasteiger charge is -2.22. The Bertz CT molecular complexity index is 588. The van der Waals surface area contributed by atoms with Crippen LogP contribution >= 0.6 is 0 Å². The summed E-state index contributed by atoms with van der Waals surface area (Å²) in [6.07, 6.45) is 2.51. The van der Waals surface area contributed by atoms with Crippen molar-refractivity contribution in [2.45, 2.75) is 6.42 Å². The molecule has 112 valence electrons. The average molecular weight is 287 g/mol. The van der Waals surface area contributed by atoms with Crippen LogP contribution in [0.3, 0.4) is 0 Å². The van der Waals surface area contributed by atoms with Crippen LogP contribution < -0.4 is 5.73 Å². The SMILES string of the molecule is COCCN(CCCN)C(=O)c1cccc2ncccc12. The predicted octanol–water partition coefficient (Wildman–Crippen LogP) is 1.67. The molecule has 21 heavy (non-hydrogen) atoms. The fraction of sp³-hybridized carbons (Fsp3) is 0.375. The van der Waals surface area contributed by atoms with E-state index in [1.54, 1.807) is 18.2 Å². The van der Waals surface area contributed by atoms with Gasteiger partial charge in [0.15, 0.2) is 0 Å². The fourth-order valence-electron chi connectivity index (χ4n) is 2.26. The van der Waals surface area contributed by atoms with Crippen LogP contribution in [0.4, 0.5) is 0 Å². The van der Waals surface area contributed by atoms with Crippen molar-refractivity contribution in [2.75, 3.05) is 33.4 Å². The molecule has 0 aliphatic rings. The van der Waals surface area contributed by atoms with Crippen molar-refractivity contribution in [2.24, 2.45) is 5.73 Å². The molecule has 0 spiro atoms. The number of carbonyl (C=O) groups is 1.